The van der Waals surface area contributed by atoms with E-state index in [1.165, 1.54) is 0 Å². The molecule has 1 atom stereocenters. The van der Waals surface area contributed by atoms with Crippen molar-refractivity contribution in [2.75, 3.05) is 26.2 Å². The molecule has 27 heavy (non-hydrogen) atoms. The molecule has 0 saturated heterocycles. The summed E-state index contributed by atoms with van der Waals surface area (Å²) in [4.78, 5) is 16.0. The number of alkyl carbamates (subject to hydrolysis) is 1. The molecule has 8 heteroatoms. The molecular weight excluding hydrogens is 348 g/mol. The van der Waals surface area contributed by atoms with Crippen LogP contribution in [0.5, 0.6) is 0 Å². The van der Waals surface area contributed by atoms with E-state index in [0.29, 0.717) is 37.8 Å². The van der Waals surface area contributed by atoms with E-state index in [0.717, 1.165) is 5.76 Å². The summed E-state index contributed by atoms with van der Waals surface area (Å²) in [6.45, 7) is 12.9. The molecule has 0 bridgehead atoms. The maximum absolute atomic E-state index is 11.6. The third-order valence-corrected chi connectivity index (χ3v) is 3.47. The Balaban J connectivity index is 2.42. The molecule has 1 aromatic rings. The van der Waals surface area contributed by atoms with Gasteiger partial charge in [-0.3, -0.25) is 0 Å². The summed E-state index contributed by atoms with van der Waals surface area (Å²) >= 11 is 0. The third-order valence-electron chi connectivity index (χ3n) is 3.47. The minimum Gasteiger partial charge on any atom is -0.463 e. The quantitative estimate of drug-likeness (QED) is 0.312. The molecular formula is C19H34N4O4. The third kappa shape index (κ3) is 9.33. The van der Waals surface area contributed by atoms with Gasteiger partial charge >= 0.3 is 6.09 Å². The monoisotopic (exact) mass is 382 g/mol. The van der Waals surface area contributed by atoms with Gasteiger partial charge in [-0.2, -0.15) is 0 Å². The Kier molecular flexibility index (Phi) is 8.62. The molecule has 0 aliphatic heterocycles. The Morgan fingerprint density at radius 2 is 1.85 bits per heavy atom. The number of hydrogen-bond donors (Lipinski definition) is 4. The van der Waals surface area contributed by atoms with Gasteiger partial charge in [0.25, 0.3) is 0 Å². The van der Waals surface area contributed by atoms with Gasteiger partial charge < -0.3 is 30.2 Å². The van der Waals surface area contributed by atoms with Crippen LogP contribution in [0.4, 0.5) is 4.79 Å². The van der Waals surface area contributed by atoms with Crippen molar-refractivity contribution in [1.29, 1.82) is 0 Å². The van der Waals surface area contributed by atoms with Crippen LogP contribution in [0, 0.1) is 6.92 Å². The Bertz CT molecular complexity index is 617. The predicted octanol–water partition coefficient (Wildman–Crippen LogP) is 2.27. The molecule has 0 aromatic carbocycles. The maximum Gasteiger partial charge on any atom is 0.407 e. The molecule has 1 aromatic heterocycles. The molecule has 4 N–H and O–H groups in total. The van der Waals surface area contributed by atoms with Crippen LogP contribution >= 0.6 is 0 Å². The molecule has 0 fully saturated rings. The van der Waals surface area contributed by atoms with E-state index >= 15 is 0 Å². The van der Waals surface area contributed by atoms with Crippen LogP contribution in [-0.2, 0) is 10.3 Å². The van der Waals surface area contributed by atoms with Gasteiger partial charge in [0.1, 0.15) is 22.7 Å². The number of aliphatic imine (C=N–C) groups is 1. The summed E-state index contributed by atoms with van der Waals surface area (Å²) in [5, 5.41) is 19.6. The summed E-state index contributed by atoms with van der Waals surface area (Å²) in [7, 11) is 0. The van der Waals surface area contributed by atoms with Crippen molar-refractivity contribution in [3.05, 3.63) is 23.7 Å². The lowest BCUT2D eigenvalue weighted by Crippen LogP contribution is -2.40. The van der Waals surface area contributed by atoms with Gasteiger partial charge in [0, 0.05) is 19.6 Å². The number of ether oxygens (including phenoxy) is 1. The second-order valence-electron chi connectivity index (χ2n) is 7.59. The van der Waals surface area contributed by atoms with Crippen LogP contribution in [0.15, 0.2) is 21.5 Å². The van der Waals surface area contributed by atoms with E-state index in [9.17, 15) is 9.90 Å². The number of guanidine groups is 1. The Hall–Kier alpha value is -2.22. The SMILES string of the molecule is CCNC(=NCC(C)(O)c1ccc(C)o1)NCCCNC(=O)OC(C)(C)C. The number of furan rings is 1. The summed E-state index contributed by atoms with van der Waals surface area (Å²) < 4.78 is 10.7. The molecule has 1 unspecified atom stereocenters. The summed E-state index contributed by atoms with van der Waals surface area (Å²) in [5.74, 6) is 1.83. The molecule has 0 aliphatic rings. The first-order chi connectivity index (χ1) is 12.5. The van der Waals surface area contributed by atoms with Crippen LogP contribution in [-0.4, -0.2) is 48.9 Å². The fourth-order valence-electron chi connectivity index (χ4n) is 2.18. The minimum atomic E-state index is -1.19. The normalized spacial score (nSPS) is 14.4. The van der Waals surface area contributed by atoms with Gasteiger partial charge in [-0.15, -0.1) is 0 Å². The summed E-state index contributed by atoms with van der Waals surface area (Å²) in [6, 6.07) is 3.57. The van der Waals surface area contributed by atoms with E-state index in [1.54, 1.807) is 13.0 Å². The van der Waals surface area contributed by atoms with Crippen LogP contribution in [0.1, 0.15) is 52.6 Å². The van der Waals surface area contributed by atoms with E-state index < -0.39 is 17.3 Å². The highest BCUT2D eigenvalue weighted by molar-refractivity contribution is 5.79. The Morgan fingerprint density at radius 1 is 1.19 bits per heavy atom. The van der Waals surface area contributed by atoms with Gasteiger partial charge in [0.05, 0.1) is 6.54 Å². The fourth-order valence-corrected chi connectivity index (χ4v) is 2.18. The first-order valence-corrected chi connectivity index (χ1v) is 9.32. The van der Waals surface area contributed by atoms with Crippen molar-refractivity contribution in [3.8, 4) is 0 Å². The van der Waals surface area contributed by atoms with Gasteiger partial charge in [0.2, 0.25) is 0 Å². The summed E-state index contributed by atoms with van der Waals surface area (Å²) in [5.41, 5.74) is -1.69. The van der Waals surface area contributed by atoms with Crippen molar-refractivity contribution in [3.63, 3.8) is 0 Å². The molecule has 8 nitrogen and oxygen atoms in total. The molecule has 0 spiro atoms. The molecule has 0 saturated carbocycles. The van der Waals surface area contributed by atoms with Crippen molar-refractivity contribution in [2.24, 2.45) is 4.99 Å². The number of aryl methyl sites for hydroxylation is 1. The number of carbonyl (C=O) groups is 1. The first kappa shape index (κ1) is 22.8. The predicted molar refractivity (Wildman–Crippen MR) is 106 cm³/mol. The highest BCUT2D eigenvalue weighted by atomic mass is 16.6. The molecule has 0 aliphatic carbocycles. The van der Waals surface area contributed by atoms with Gasteiger partial charge in [-0.05, 0) is 60.1 Å². The van der Waals surface area contributed by atoms with Crippen molar-refractivity contribution in [1.82, 2.24) is 16.0 Å². The zero-order valence-corrected chi connectivity index (χ0v) is 17.3. The van der Waals surface area contributed by atoms with E-state index in [-0.39, 0.29) is 6.54 Å². The molecule has 154 valence electrons. The lowest BCUT2D eigenvalue weighted by atomic mass is 10.0. The number of aliphatic hydroxyl groups is 1. The van der Waals surface area contributed by atoms with Crippen LogP contribution < -0.4 is 16.0 Å². The number of hydrogen-bond acceptors (Lipinski definition) is 5. The topological polar surface area (TPSA) is 108 Å². The lowest BCUT2D eigenvalue weighted by molar-refractivity contribution is 0.0428. The van der Waals surface area contributed by atoms with Crippen molar-refractivity contribution >= 4 is 12.1 Å². The highest BCUT2D eigenvalue weighted by Crippen LogP contribution is 2.22. The molecule has 0 radical (unpaired) electrons. The van der Waals surface area contributed by atoms with Crippen molar-refractivity contribution < 1.29 is 19.1 Å². The number of nitrogens with zero attached hydrogens (tertiary/aromatic N) is 1. The van der Waals surface area contributed by atoms with Gasteiger partial charge in [-0.25, -0.2) is 9.79 Å². The largest absolute Gasteiger partial charge is 0.463 e. The average molecular weight is 383 g/mol. The van der Waals surface area contributed by atoms with E-state index in [2.05, 4.69) is 20.9 Å². The fraction of sp³-hybridized carbons (Fsp3) is 0.684. The maximum atomic E-state index is 11.6. The van der Waals surface area contributed by atoms with Crippen LogP contribution in [0.3, 0.4) is 0 Å². The number of carbonyl (C=O) groups excluding carboxylic acids is 1. The zero-order chi connectivity index (χ0) is 20.5. The summed E-state index contributed by atoms with van der Waals surface area (Å²) in [6.07, 6.45) is 0.283. The highest BCUT2D eigenvalue weighted by Gasteiger charge is 2.26. The first-order valence-electron chi connectivity index (χ1n) is 9.32. The lowest BCUT2D eigenvalue weighted by Gasteiger charge is -2.20. The van der Waals surface area contributed by atoms with Crippen LogP contribution in [0.2, 0.25) is 0 Å². The second-order valence-corrected chi connectivity index (χ2v) is 7.59. The number of amides is 1. The smallest absolute Gasteiger partial charge is 0.407 e. The standard InChI is InChI=1S/C19H34N4O4/c1-7-20-16(21-11-8-12-22-17(24)27-18(3,4)5)23-13-19(6,25)15-10-9-14(2)26-15/h9-10,25H,7-8,11-13H2,1-6H3,(H,22,24)(H2,20,21,23). The average Bonchev–Trinajstić information content (AvgIpc) is 2.98. The Labute approximate surface area is 161 Å². The number of rotatable bonds is 8. The molecule has 1 heterocycles. The number of nitrogens with one attached hydrogen (secondary N) is 3. The van der Waals surface area contributed by atoms with E-state index in [1.807, 2.05) is 40.7 Å². The van der Waals surface area contributed by atoms with Gasteiger partial charge in [0.15, 0.2) is 5.96 Å². The van der Waals surface area contributed by atoms with Crippen LogP contribution in [0.25, 0.3) is 0 Å². The second kappa shape index (κ2) is 10.2. The van der Waals surface area contributed by atoms with E-state index in [4.69, 9.17) is 9.15 Å². The Morgan fingerprint density at radius 3 is 2.41 bits per heavy atom. The molecule has 1 rings (SSSR count). The van der Waals surface area contributed by atoms with Crippen molar-refractivity contribution in [2.45, 2.75) is 59.2 Å². The molecule has 1 amide bonds. The van der Waals surface area contributed by atoms with Gasteiger partial charge in [-0.1, -0.05) is 0 Å². The zero-order valence-electron chi connectivity index (χ0n) is 17.3. The minimum absolute atomic E-state index is 0.158.